The summed E-state index contributed by atoms with van der Waals surface area (Å²) >= 11 is 0. The van der Waals surface area contributed by atoms with Gasteiger partial charge >= 0.3 is 6.18 Å². The first-order chi connectivity index (χ1) is 8.77. The third-order valence-electron chi connectivity index (χ3n) is 3.01. The van der Waals surface area contributed by atoms with Crippen molar-refractivity contribution >= 4 is 5.91 Å². The highest BCUT2D eigenvalue weighted by molar-refractivity contribution is 5.92. The number of nitrogens with two attached hydrogens (primary N) is 1. The van der Waals surface area contributed by atoms with E-state index in [1.165, 1.54) is 22.0 Å². The van der Waals surface area contributed by atoms with E-state index in [1.54, 1.807) is 0 Å². The number of amides is 1. The second-order valence-corrected chi connectivity index (χ2v) is 4.50. The molecule has 1 aliphatic rings. The molecule has 6 nitrogen and oxygen atoms in total. The number of likely N-dealkylation sites (tertiary alicyclic amines) is 1. The standard InChI is InChI=1S/C10H13F3N4O2/c11-10(12,13)8(18)5-16-3-7(4-16)17-2-6(1-15-17)9(14)19/h1-2,7-8,18H,3-5H2,(H2,14,19). The molecule has 0 saturated carbocycles. The Kier molecular flexibility index (Phi) is 3.50. The number of hydrogen-bond acceptors (Lipinski definition) is 4. The lowest BCUT2D eigenvalue weighted by Gasteiger charge is -2.40. The smallest absolute Gasteiger partial charge is 0.382 e. The molecule has 1 aliphatic heterocycles. The number of primary amides is 1. The van der Waals surface area contributed by atoms with E-state index in [0.717, 1.165) is 0 Å². The molecule has 19 heavy (non-hydrogen) atoms. The Morgan fingerprint density at radius 2 is 2.21 bits per heavy atom. The minimum absolute atomic E-state index is 0.103. The number of rotatable bonds is 4. The number of β-amino-alcohol motifs (C(OH)–C–C–N with tert-alkyl or cyclic N) is 1. The molecule has 3 N–H and O–H groups in total. The number of aliphatic hydroxyl groups is 1. The highest BCUT2D eigenvalue weighted by Gasteiger charge is 2.41. The molecule has 1 aromatic rings. The normalized spacial score (nSPS) is 19.2. The van der Waals surface area contributed by atoms with E-state index < -0.39 is 24.7 Å². The highest BCUT2D eigenvalue weighted by Crippen LogP contribution is 2.25. The quantitative estimate of drug-likeness (QED) is 0.796. The number of carbonyl (C=O) groups is 1. The summed E-state index contributed by atoms with van der Waals surface area (Å²) in [4.78, 5) is 12.3. The van der Waals surface area contributed by atoms with Crippen molar-refractivity contribution in [2.24, 2.45) is 5.73 Å². The van der Waals surface area contributed by atoms with E-state index in [1.807, 2.05) is 0 Å². The maximum atomic E-state index is 12.1. The Morgan fingerprint density at radius 3 is 2.68 bits per heavy atom. The van der Waals surface area contributed by atoms with E-state index in [2.05, 4.69) is 5.10 Å². The summed E-state index contributed by atoms with van der Waals surface area (Å²) in [6.07, 6.45) is -4.16. The van der Waals surface area contributed by atoms with Crippen LogP contribution in [0.15, 0.2) is 12.4 Å². The summed E-state index contributed by atoms with van der Waals surface area (Å²) in [5.41, 5.74) is 5.33. The summed E-state index contributed by atoms with van der Waals surface area (Å²) in [7, 11) is 0. The number of aliphatic hydroxyl groups excluding tert-OH is 1. The zero-order valence-electron chi connectivity index (χ0n) is 9.84. The maximum absolute atomic E-state index is 12.1. The van der Waals surface area contributed by atoms with Crippen molar-refractivity contribution < 1.29 is 23.1 Å². The predicted octanol–water partition coefficient (Wildman–Crippen LogP) is -0.238. The van der Waals surface area contributed by atoms with Gasteiger partial charge in [0.05, 0.1) is 17.8 Å². The largest absolute Gasteiger partial charge is 0.415 e. The summed E-state index contributed by atoms with van der Waals surface area (Å²) < 4.78 is 37.9. The number of aromatic nitrogens is 2. The number of hydrogen-bond donors (Lipinski definition) is 2. The molecule has 0 aromatic carbocycles. The zero-order chi connectivity index (χ0) is 14.2. The zero-order valence-corrected chi connectivity index (χ0v) is 9.84. The Bertz CT molecular complexity index is 468. The van der Waals surface area contributed by atoms with Crippen molar-refractivity contribution in [2.45, 2.75) is 18.3 Å². The fraction of sp³-hybridized carbons (Fsp3) is 0.600. The van der Waals surface area contributed by atoms with Crippen LogP contribution in [0, 0.1) is 0 Å². The van der Waals surface area contributed by atoms with Crippen molar-refractivity contribution in [3.63, 3.8) is 0 Å². The van der Waals surface area contributed by atoms with Gasteiger partial charge in [-0.15, -0.1) is 0 Å². The second-order valence-electron chi connectivity index (χ2n) is 4.50. The van der Waals surface area contributed by atoms with Gasteiger partial charge < -0.3 is 10.8 Å². The molecule has 9 heteroatoms. The Hall–Kier alpha value is -1.61. The van der Waals surface area contributed by atoms with E-state index in [-0.39, 0.29) is 11.6 Å². The third-order valence-corrected chi connectivity index (χ3v) is 3.01. The van der Waals surface area contributed by atoms with Crippen molar-refractivity contribution in [3.8, 4) is 0 Å². The van der Waals surface area contributed by atoms with Gasteiger partial charge in [-0.2, -0.15) is 18.3 Å². The second kappa shape index (κ2) is 4.82. The number of halogens is 3. The Morgan fingerprint density at radius 1 is 1.58 bits per heavy atom. The summed E-state index contributed by atoms with van der Waals surface area (Å²) in [6, 6.07) is -0.103. The van der Waals surface area contributed by atoms with Gasteiger partial charge in [-0.3, -0.25) is 14.4 Å². The van der Waals surface area contributed by atoms with E-state index in [0.29, 0.717) is 13.1 Å². The van der Waals surface area contributed by atoms with Crippen LogP contribution in [0.4, 0.5) is 13.2 Å². The average Bonchev–Trinajstić information content (AvgIpc) is 2.69. The third kappa shape index (κ3) is 3.04. The van der Waals surface area contributed by atoms with Gasteiger partial charge in [-0.25, -0.2) is 0 Å². The molecule has 0 spiro atoms. The van der Waals surface area contributed by atoms with Crippen LogP contribution < -0.4 is 5.73 Å². The molecule has 1 fully saturated rings. The minimum atomic E-state index is -4.60. The molecule has 1 saturated heterocycles. The number of nitrogens with zero attached hydrogens (tertiary/aromatic N) is 3. The van der Waals surface area contributed by atoms with Crippen molar-refractivity contribution in [3.05, 3.63) is 18.0 Å². The lowest BCUT2D eigenvalue weighted by molar-refractivity contribution is -0.211. The molecule has 0 bridgehead atoms. The van der Waals surface area contributed by atoms with Crippen LogP contribution in [0.2, 0.25) is 0 Å². The molecule has 1 atom stereocenters. The van der Waals surface area contributed by atoms with Crippen molar-refractivity contribution in [1.29, 1.82) is 0 Å². The van der Waals surface area contributed by atoms with Gasteiger partial charge in [-0.05, 0) is 0 Å². The summed E-state index contributed by atoms with van der Waals surface area (Å²) in [6.45, 7) is 0.226. The van der Waals surface area contributed by atoms with Crippen LogP contribution >= 0.6 is 0 Å². The lowest BCUT2D eigenvalue weighted by atomic mass is 10.1. The van der Waals surface area contributed by atoms with Crippen LogP contribution in [0.3, 0.4) is 0 Å². The molecular formula is C10H13F3N4O2. The van der Waals surface area contributed by atoms with Crippen molar-refractivity contribution in [1.82, 2.24) is 14.7 Å². The van der Waals surface area contributed by atoms with Crippen LogP contribution in [0.5, 0.6) is 0 Å². The molecule has 1 unspecified atom stereocenters. The topological polar surface area (TPSA) is 84.4 Å². The number of alkyl halides is 3. The molecule has 0 radical (unpaired) electrons. The molecule has 0 aliphatic carbocycles. The average molecular weight is 278 g/mol. The van der Waals surface area contributed by atoms with Gasteiger partial charge in [0.25, 0.3) is 5.91 Å². The van der Waals surface area contributed by atoms with E-state index >= 15 is 0 Å². The monoisotopic (exact) mass is 278 g/mol. The van der Waals surface area contributed by atoms with E-state index in [9.17, 15) is 18.0 Å². The fourth-order valence-electron chi connectivity index (χ4n) is 1.87. The minimum Gasteiger partial charge on any atom is -0.382 e. The maximum Gasteiger partial charge on any atom is 0.415 e. The molecule has 2 heterocycles. The first-order valence-electron chi connectivity index (χ1n) is 5.58. The molecule has 1 aromatic heterocycles. The van der Waals surface area contributed by atoms with Crippen molar-refractivity contribution in [2.75, 3.05) is 19.6 Å². The summed E-state index contributed by atoms with van der Waals surface area (Å²) in [5.74, 6) is -0.602. The Labute approximate surface area is 106 Å². The predicted molar refractivity (Wildman–Crippen MR) is 58.3 cm³/mol. The summed E-state index contributed by atoms with van der Waals surface area (Å²) in [5, 5.41) is 12.8. The van der Waals surface area contributed by atoms with Gasteiger partial charge in [-0.1, -0.05) is 0 Å². The van der Waals surface area contributed by atoms with Crippen LogP contribution in [-0.2, 0) is 0 Å². The van der Waals surface area contributed by atoms with Gasteiger partial charge in [0.1, 0.15) is 0 Å². The molecule has 106 valence electrons. The first-order valence-corrected chi connectivity index (χ1v) is 5.58. The fourth-order valence-corrected chi connectivity index (χ4v) is 1.87. The van der Waals surface area contributed by atoms with Crippen LogP contribution in [0.25, 0.3) is 0 Å². The SMILES string of the molecule is NC(=O)c1cnn(C2CN(CC(O)C(F)(F)F)C2)c1. The van der Waals surface area contributed by atoms with Gasteiger partial charge in [0.15, 0.2) is 6.10 Å². The van der Waals surface area contributed by atoms with Crippen LogP contribution in [0.1, 0.15) is 16.4 Å². The van der Waals surface area contributed by atoms with Gasteiger partial charge in [0, 0.05) is 25.8 Å². The lowest BCUT2D eigenvalue weighted by Crippen LogP contribution is -2.52. The number of carbonyl (C=O) groups excluding carboxylic acids is 1. The molecule has 1 amide bonds. The van der Waals surface area contributed by atoms with Crippen LogP contribution in [-0.4, -0.2) is 57.6 Å². The highest BCUT2D eigenvalue weighted by atomic mass is 19.4. The molecular weight excluding hydrogens is 265 g/mol. The van der Waals surface area contributed by atoms with E-state index in [4.69, 9.17) is 10.8 Å². The first kappa shape index (κ1) is 13.8. The Balaban J connectivity index is 1.84. The van der Waals surface area contributed by atoms with Gasteiger partial charge in [0.2, 0.25) is 0 Å². The molecule has 2 rings (SSSR count).